The van der Waals surface area contributed by atoms with Crippen molar-refractivity contribution >= 4 is 28.9 Å². The van der Waals surface area contributed by atoms with Crippen molar-refractivity contribution in [3.8, 4) is 0 Å². The van der Waals surface area contributed by atoms with Gasteiger partial charge in [-0.1, -0.05) is 13.0 Å². The molecule has 0 fully saturated rings. The van der Waals surface area contributed by atoms with E-state index in [0.717, 1.165) is 17.8 Å². The van der Waals surface area contributed by atoms with E-state index < -0.39 is 0 Å². The molecule has 1 aromatic rings. The normalized spacial score (nSPS) is 12.9. The molecule has 1 atom stereocenters. The third-order valence-corrected chi connectivity index (χ3v) is 4.79. The van der Waals surface area contributed by atoms with Gasteiger partial charge in [-0.05, 0) is 44.1 Å². The van der Waals surface area contributed by atoms with E-state index in [1.807, 2.05) is 29.3 Å². The average molecular weight is 285 g/mol. The molecule has 0 spiro atoms. The lowest BCUT2D eigenvalue weighted by Gasteiger charge is -2.26. The number of nitrogens with zero attached hydrogens (tertiary/aromatic N) is 1. The van der Waals surface area contributed by atoms with Crippen LogP contribution in [0, 0.1) is 0 Å². The average Bonchev–Trinajstić information content (AvgIpc) is 2.89. The summed E-state index contributed by atoms with van der Waals surface area (Å²) in [7, 11) is 2.17. The Labute approximate surface area is 119 Å². The highest BCUT2D eigenvalue weighted by molar-refractivity contribution is 7.98. The zero-order valence-corrected chi connectivity index (χ0v) is 13.1. The Kier molecular flexibility index (Phi) is 7.63. The minimum Gasteiger partial charge on any atom is -0.303 e. The number of hydrogen-bond donors (Lipinski definition) is 0. The van der Waals surface area contributed by atoms with Crippen molar-refractivity contribution in [2.45, 2.75) is 32.2 Å². The fourth-order valence-electron chi connectivity index (χ4n) is 1.98. The predicted octanol–water partition coefficient (Wildman–Crippen LogP) is 3.78. The van der Waals surface area contributed by atoms with Crippen molar-refractivity contribution in [3.63, 3.8) is 0 Å². The number of ketones is 1. The van der Waals surface area contributed by atoms with Crippen LogP contribution in [0.15, 0.2) is 17.5 Å². The van der Waals surface area contributed by atoms with Gasteiger partial charge in [0.05, 0.1) is 4.88 Å². The second kappa shape index (κ2) is 8.73. The van der Waals surface area contributed by atoms with Crippen LogP contribution >= 0.6 is 23.1 Å². The van der Waals surface area contributed by atoms with Gasteiger partial charge in [0.25, 0.3) is 0 Å². The molecule has 0 bridgehead atoms. The molecule has 0 amide bonds. The number of carbonyl (C=O) groups excluding carboxylic acids is 1. The van der Waals surface area contributed by atoms with E-state index in [0.29, 0.717) is 12.5 Å². The first-order valence-electron chi connectivity index (χ1n) is 6.45. The van der Waals surface area contributed by atoms with Crippen LogP contribution in [0.1, 0.15) is 35.9 Å². The molecular formula is C14H23NOS2. The van der Waals surface area contributed by atoms with Crippen molar-refractivity contribution in [1.82, 2.24) is 4.90 Å². The van der Waals surface area contributed by atoms with Crippen LogP contribution in [0.2, 0.25) is 0 Å². The monoisotopic (exact) mass is 285 g/mol. The van der Waals surface area contributed by atoms with E-state index in [1.54, 1.807) is 11.3 Å². The minimum absolute atomic E-state index is 0.288. The lowest BCUT2D eigenvalue weighted by atomic mass is 10.1. The van der Waals surface area contributed by atoms with Crippen molar-refractivity contribution in [1.29, 1.82) is 0 Å². The number of carbonyl (C=O) groups is 1. The van der Waals surface area contributed by atoms with Crippen LogP contribution in [0.5, 0.6) is 0 Å². The highest BCUT2D eigenvalue weighted by Gasteiger charge is 2.12. The standard InChI is InChI=1S/C14H23NOS2/c1-4-12(11-17-3)15(2)9-5-7-13(16)14-8-6-10-18-14/h6,8,10,12H,4-5,7,9,11H2,1-3H3. The summed E-state index contributed by atoms with van der Waals surface area (Å²) in [6.45, 7) is 3.24. The SMILES string of the molecule is CCC(CSC)N(C)CCCC(=O)c1cccs1. The van der Waals surface area contributed by atoms with Gasteiger partial charge in [-0.15, -0.1) is 11.3 Å². The van der Waals surface area contributed by atoms with Crippen molar-refractivity contribution in [3.05, 3.63) is 22.4 Å². The Hall–Kier alpha value is -0.320. The molecule has 18 heavy (non-hydrogen) atoms. The molecule has 0 saturated heterocycles. The predicted molar refractivity (Wildman–Crippen MR) is 83.0 cm³/mol. The maximum absolute atomic E-state index is 11.8. The first-order valence-corrected chi connectivity index (χ1v) is 8.72. The van der Waals surface area contributed by atoms with Gasteiger partial charge in [0.1, 0.15) is 0 Å². The molecular weight excluding hydrogens is 262 g/mol. The number of Topliss-reactive ketones (excluding diaryl/α,β-unsaturated/α-hetero) is 1. The maximum Gasteiger partial charge on any atom is 0.172 e. The summed E-state index contributed by atoms with van der Waals surface area (Å²) in [4.78, 5) is 15.1. The van der Waals surface area contributed by atoms with Crippen molar-refractivity contribution in [2.75, 3.05) is 25.6 Å². The van der Waals surface area contributed by atoms with Gasteiger partial charge in [0.2, 0.25) is 0 Å². The van der Waals surface area contributed by atoms with Crippen LogP contribution in [0.4, 0.5) is 0 Å². The Morgan fingerprint density at radius 1 is 1.56 bits per heavy atom. The maximum atomic E-state index is 11.8. The molecule has 0 aliphatic carbocycles. The van der Waals surface area contributed by atoms with Gasteiger partial charge in [-0.2, -0.15) is 11.8 Å². The Morgan fingerprint density at radius 2 is 2.33 bits per heavy atom. The molecule has 2 nitrogen and oxygen atoms in total. The molecule has 102 valence electrons. The number of thiophene rings is 1. The van der Waals surface area contributed by atoms with E-state index in [1.165, 1.54) is 12.2 Å². The van der Waals surface area contributed by atoms with E-state index in [4.69, 9.17) is 0 Å². The van der Waals surface area contributed by atoms with Crippen LogP contribution in [-0.2, 0) is 0 Å². The van der Waals surface area contributed by atoms with Crippen molar-refractivity contribution in [2.24, 2.45) is 0 Å². The minimum atomic E-state index is 0.288. The molecule has 1 rings (SSSR count). The van der Waals surface area contributed by atoms with Gasteiger partial charge in [0.15, 0.2) is 5.78 Å². The van der Waals surface area contributed by atoms with Gasteiger partial charge in [-0.3, -0.25) is 4.79 Å². The first-order chi connectivity index (χ1) is 8.69. The third kappa shape index (κ3) is 5.12. The Morgan fingerprint density at radius 3 is 2.89 bits per heavy atom. The van der Waals surface area contributed by atoms with Gasteiger partial charge >= 0.3 is 0 Å². The fourth-order valence-corrected chi connectivity index (χ4v) is 3.55. The highest BCUT2D eigenvalue weighted by Crippen LogP contribution is 2.13. The van der Waals surface area contributed by atoms with Crippen LogP contribution in [-0.4, -0.2) is 42.3 Å². The zero-order valence-electron chi connectivity index (χ0n) is 11.5. The summed E-state index contributed by atoms with van der Waals surface area (Å²) in [6.07, 6.45) is 4.95. The summed E-state index contributed by atoms with van der Waals surface area (Å²) in [5.74, 6) is 1.46. The molecule has 0 radical (unpaired) electrons. The molecule has 1 aromatic heterocycles. The van der Waals surface area contributed by atoms with Crippen molar-refractivity contribution < 1.29 is 4.79 Å². The lowest BCUT2D eigenvalue weighted by molar-refractivity contribution is 0.0978. The lowest BCUT2D eigenvalue weighted by Crippen LogP contribution is -2.34. The second-order valence-corrected chi connectivity index (χ2v) is 6.36. The van der Waals surface area contributed by atoms with Gasteiger partial charge in [-0.25, -0.2) is 0 Å². The smallest absolute Gasteiger partial charge is 0.172 e. The molecule has 0 N–H and O–H groups in total. The molecule has 1 heterocycles. The second-order valence-electron chi connectivity index (χ2n) is 4.50. The number of thioether (sulfide) groups is 1. The first kappa shape index (κ1) is 15.7. The van der Waals surface area contributed by atoms with Crippen LogP contribution in [0.25, 0.3) is 0 Å². The summed E-state index contributed by atoms with van der Waals surface area (Å²) < 4.78 is 0. The van der Waals surface area contributed by atoms with Gasteiger partial charge < -0.3 is 4.90 Å². The Balaban J connectivity index is 2.26. The van der Waals surface area contributed by atoms with E-state index in [2.05, 4.69) is 25.1 Å². The Bertz CT molecular complexity index is 338. The molecule has 4 heteroatoms. The summed E-state index contributed by atoms with van der Waals surface area (Å²) >= 11 is 3.44. The molecule has 0 aromatic carbocycles. The number of rotatable bonds is 9. The van der Waals surface area contributed by atoms with Gasteiger partial charge in [0, 0.05) is 18.2 Å². The summed E-state index contributed by atoms with van der Waals surface area (Å²) in [6, 6.07) is 4.49. The van der Waals surface area contributed by atoms with E-state index >= 15 is 0 Å². The largest absolute Gasteiger partial charge is 0.303 e. The molecule has 1 unspecified atom stereocenters. The molecule has 0 saturated carbocycles. The highest BCUT2D eigenvalue weighted by atomic mass is 32.2. The zero-order chi connectivity index (χ0) is 13.4. The van der Waals surface area contributed by atoms with E-state index in [9.17, 15) is 4.79 Å². The number of hydrogen-bond acceptors (Lipinski definition) is 4. The quantitative estimate of drug-likeness (QED) is 0.644. The third-order valence-electron chi connectivity index (χ3n) is 3.16. The fraction of sp³-hybridized carbons (Fsp3) is 0.643. The molecule has 0 aliphatic heterocycles. The van der Waals surface area contributed by atoms with Crippen LogP contribution in [0.3, 0.4) is 0 Å². The summed E-state index contributed by atoms with van der Waals surface area (Å²) in [5.41, 5.74) is 0. The van der Waals surface area contributed by atoms with E-state index in [-0.39, 0.29) is 5.78 Å². The molecule has 0 aliphatic rings. The topological polar surface area (TPSA) is 20.3 Å². The summed E-state index contributed by atoms with van der Waals surface area (Å²) in [5, 5.41) is 1.96. The van der Waals surface area contributed by atoms with Crippen LogP contribution < -0.4 is 0 Å².